The van der Waals surface area contributed by atoms with Crippen LogP contribution in [0.2, 0.25) is 0 Å². The molecule has 2 saturated heterocycles. The second-order valence-corrected chi connectivity index (χ2v) is 6.09. The summed E-state index contributed by atoms with van der Waals surface area (Å²) in [5.74, 6) is 1.26. The Morgan fingerprint density at radius 1 is 1.24 bits per heavy atom. The highest BCUT2D eigenvalue weighted by Gasteiger charge is 2.58. The minimum absolute atomic E-state index is 0.181. The number of ketones is 1. The van der Waals surface area contributed by atoms with Crippen LogP contribution in [0.15, 0.2) is 12.2 Å². The SMILES string of the molecule is O=C1CCC2CCN3CCN4CC=CC4C23C1. The molecule has 3 fully saturated rings. The molecule has 17 heavy (non-hydrogen) atoms. The first-order valence-electron chi connectivity index (χ1n) is 6.98. The maximum Gasteiger partial charge on any atom is 0.134 e. The number of carbonyl (C=O) groups is 1. The van der Waals surface area contributed by atoms with Gasteiger partial charge in [-0.25, -0.2) is 0 Å². The molecule has 3 nitrogen and oxygen atoms in total. The highest BCUT2D eigenvalue weighted by atomic mass is 16.1. The number of hydrogen-bond acceptors (Lipinski definition) is 3. The standard InChI is InChI=1S/C14H20N2O/c17-12-4-3-11-5-7-16-9-8-15-6-1-2-13(15)14(11,16)10-12/h1-2,11,13H,3-10H2. The fraction of sp³-hybridized carbons (Fsp3) is 0.786. The van der Waals surface area contributed by atoms with Crippen molar-refractivity contribution >= 4 is 5.78 Å². The van der Waals surface area contributed by atoms with Gasteiger partial charge in [0.15, 0.2) is 0 Å². The van der Waals surface area contributed by atoms with Gasteiger partial charge in [-0.15, -0.1) is 0 Å². The van der Waals surface area contributed by atoms with Crippen molar-refractivity contribution in [2.24, 2.45) is 5.92 Å². The van der Waals surface area contributed by atoms with Crippen molar-refractivity contribution in [1.82, 2.24) is 9.80 Å². The summed E-state index contributed by atoms with van der Waals surface area (Å²) in [6.07, 6.45) is 8.76. The third-order valence-electron chi connectivity index (χ3n) is 5.52. The highest BCUT2D eigenvalue weighted by Crippen LogP contribution is 2.50. The van der Waals surface area contributed by atoms with Gasteiger partial charge in [0.05, 0.1) is 0 Å². The number of carbonyl (C=O) groups excluding carboxylic acids is 1. The van der Waals surface area contributed by atoms with E-state index in [0.717, 1.165) is 31.7 Å². The fourth-order valence-corrected chi connectivity index (χ4v) is 4.79. The van der Waals surface area contributed by atoms with Gasteiger partial charge in [0.1, 0.15) is 5.78 Å². The molecule has 3 atom stereocenters. The maximum atomic E-state index is 12.0. The summed E-state index contributed by atoms with van der Waals surface area (Å²) in [5, 5.41) is 0. The van der Waals surface area contributed by atoms with Crippen molar-refractivity contribution in [1.29, 1.82) is 0 Å². The normalized spacial score (nSPS) is 45.8. The third-order valence-corrected chi connectivity index (χ3v) is 5.52. The van der Waals surface area contributed by atoms with Gasteiger partial charge in [-0.3, -0.25) is 14.6 Å². The molecule has 0 aromatic heterocycles. The monoisotopic (exact) mass is 232 g/mol. The summed E-state index contributed by atoms with van der Waals surface area (Å²) >= 11 is 0. The van der Waals surface area contributed by atoms with E-state index in [-0.39, 0.29) is 5.54 Å². The Balaban J connectivity index is 1.78. The lowest BCUT2D eigenvalue weighted by atomic mass is 9.67. The topological polar surface area (TPSA) is 23.6 Å². The third kappa shape index (κ3) is 1.22. The van der Waals surface area contributed by atoms with Gasteiger partial charge in [-0.05, 0) is 25.3 Å². The van der Waals surface area contributed by atoms with E-state index < -0.39 is 0 Å². The first kappa shape index (κ1) is 10.3. The molecule has 0 N–H and O–H groups in total. The molecule has 0 bridgehead atoms. The molecule has 4 aliphatic rings. The molecule has 0 amide bonds. The van der Waals surface area contributed by atoms with Gasteiger partial charge in [-0.1, -0.05) is 12.2 Å². The average molecular weight is 232 g/mol. The minimum Gasteiger partial charge on any atom is -0.300 e. The summed E-state index contributed by atoms with van der Waals surface area (Å²) in [6.45, 7) is 4.67. The molecule has 1 saturated carbocycles. The Labute approximate surface area is 102 Å². The number of Topliss-reactive ketones (excluding diaryl/α,β-unsaturated/α-hetero) is 1. The molecular weight excluding hydrogens is 212 g/mol. The predicted octanol–water partition coefficient (Wildman–Crippen LogP) is 1.05. The van der Waals surface area contributed by atoms with Crippen molar-refractivity contribution < 1.29 is 4.79 Å². The molecule has 3 heterocycles. The highest BCUT2D eigenvalue weighted by molar-refractivity contribution is 5.81. The summed E-state index contributed by atoms with van der Waals surface area (Å²) in [6, 6.07) is 0.521. The first-order valence-corrected chi connectivity index (χ1v) is 6.98. The minimum atomic E-state index is 0.181. The van der Waals surface area contributed by atoms with Crippen LogP contribution in [0.3, 0.4) is 0 Å². The Morgan fingerprint density at radius 2 is 2.18 bits per heavy atom. The Bertz CT molecular complexity index is 384. The van der Waals surface area contributed by atoms with Crippen LogP contribution < -0.4 is 0 Å². The second kappa shape index (κ2) is 3.42. The molecule has 4 rings (SSSR count). The lowest BCUT2D eigenvalue weighted by molar-refractivity contribution is -0.129. The molecule has 0 radical (unpaired) electrons. The number of piperazine rings is 1. The quantitative estimate of drug-likeness (QED) is 0.583. The van der Waals surface area contributed by atoms with Crippen molar-refractivity contribution in [2.45, 2.75) is 37.3 Å². The lowest BCUT2D eigenvalue weighted by Gasteiger charge is -2.54. The molecule has 3 heteroatoms. The van der Waals surface area contributed by atoms with E-state index in [0.29, 0.717) is 11.8 Å². The molecule has 3 aliphatic heterocycles. The van der Waals surface area contributed by atoms with Crippen molar-refractivity contribution in [3.8, 4) is 0 Å². The summed E-state index contributed by atoms with van der Waals surface area (Å²) < 4.78 is 0. The molecular formula is C14H20N2O. The van der Waals surface area contributed by atoms with Gasteiger partial charge < -0.3 is 0 Å². The molecule has 0 aromatic carbocycles. The zero-order valence-electron chi connectivity index (χ0n) is 10.3. The first-order chi connectivity index (χ1) is 8.30. The number of nitrogens with zero attached hydrogens (tertiary/aromatic N) is 2. The van der Waals surface area contributed by atoms with E-state index in [1.165, 1.54) is 26.1 Å². The Kier molecular flexibility index (Phi) is 2.07. The van der Waals surface area contributed by atoms with Crippen LogP contribution in [0.25, 0.3) is 0 Å². The van der Waals surface area contributed by atoms with E-state index in [1.54, 1.807) is 0 Å². The molecule has 3 unspecified atom stereocenters. The van der Waals surface area contributed by atoms with Crippen LogP contribution in [-0.4, -0.2) is 53.3 Å². The zero-order chi connectivity index (χ0) is 11.5. The molecule has 92 valence electrons. The Morgan fingerprint density at radius 3 is 3.12 bits per heavy atom. The van der Waals surface area contributed by atoms with Gasteiger partial charge in [0, 0.05) is 44.1 Å². The summed E-state index contributed by atoms with van der Waals surface area (Å²) in [5.41, 5.74) is 0.181. The average Bonchev–Trinajstić information content (AvgIpc) is 2.90. The maximum absolute atomic E-state index is 12.0. The zero-order valence-corrected chi connectivity index (χ0v) is 10.3. The number of hydrogen-bond donors (Lipinski definition) is 0. The number of rotatable bonds is 0. The Hall–Kier alpha value is -0.670. The van der Waals surface area contributed by atoms with Crippen LogP contribution in [-0.2, 0) is 4.79 Å². The number of fused-ring (bicyclic) bond motifs is 1. The van der Waals surface area contributed by atoms with Gasteiger partial charge >= 0.3 is 0 Å². The molecule has 0 aromatic rings. The van der Waals surface area contributed by atoms with Gasteiger partial charge in [0.2, 0.25) is 0 Å². The largest absolute Gasteiger partial charge is 0.300 e. The van der Waals surface area contributed by atoms with E-state index in [2.05, 4.69) is 22.0 Å². The van der Waals surface area contributed by atoms with Crippen molar-refractivity contribution in [3.63, 3.8) is 0 Å². The summed E-state index contributed by atoms with van der Waals surface area (Å²) in [4.78, 5) is 17.2. The van der Waals surface area contributed by atoms with Crippen LogP contribution in [0.4, 0.5) is 0 Å². The van der Waals surface area contributed by atoms with E-state index >= 15 is 0 Å². The van der Waals surface area contributed by atoms with E-state index in [9.17, 15) is 4.79 Å². The van der Waals surface area contributed by atoms with E-state index in [4.69, 9.17) is 0 Å². The van der Waals surface area contributed by atoms with Crippen LogP contribution in [0.1, 0.15) is 25.7 Å². The fourth-order valence-electron chi connectivity index (χ4n) is 4.79. The van der Waals surface area contributed by atoms with Gasteiger partial charge in [-0.2, -0.15) is 0 Å². The molecule has 1 spiro atoms. The van der Waals surface area contributed by atoms with Crippen molar-refractivity contribution in [3.05, 3.63) is 12.2 Å². The van der Waals surface area contributed by atoms with Crippen molar-refractivity contribution in [2.75, 3.05) is 26.2 Å². The lowest BCUT2D eigenvalue weighted by Crippen LogP contribution is -2.67. The van der Waals surface area contributed by atoms with Crippen LogP contribution in [0, 0.1) is 5.92 Å². The van der Waals surface area contributed by atoms with Crippen LogP contribution in [0.5, 0.6) is 0 Å². The predicted molar refractivity (Wildman–Crippen MR) is 65.8 cm³/mol. The second-order valence-electron chi connectivity index (χ2n) is 6.09. The smallest absolute Gasteiger partial charge is 0.134 e. The summed E-state index contributed by atoms with van der Waals surface area (Å²) in [7, 11) is 0. The van der Waals surface area contributed by atoms with Crippen LogP contribution >= 0.6 is 0 Å². The van der Waals surface area contributed by atoms with E-state index in [1.807, 2.05) is 0 Å². The molecule has 1 aliphatic carbocycles. The van der Waals surface area contributed by atoms with Gasteiger partial charge in [0.25, 0.3) is 0 Å².